The number of rotatable bonds is 7. The average Bonchev–Trinajstić information content (AvgIpc) is 2.39. The van der Waals surface area contributed by atoms with Gasteiger partial charge in [-0.1, -0.05) is 13.0 Å². The lowest BCUT2D eigenvalue weighted by Gasteiger charge is -2.14. The minimum absolute atomic E-state index is 0.0121. The highest BCUT2D eigenvalue weighted by molar-refractivity contribution is 6.18. The van der Waals surface area contributed by atoms with Crippen LogP contribution in [0.5, 0.6) is 0 Å². The molecule has 106 valence electrons. The molecule has 0 aliphatic rings. The summed E-state index contributed by atoms with van der Waals surface area (Å²) in [7, 11) is 0. The number of aryl methyl sites for hydroxylation is 1. The van der Waals surface area contributed by atoms with Gasteiger partial charge in [-0.3, -0.25) is 4.79 Å². The van der Waals surface area contributed by atoms with Crippen molar-refractivity contribution in [1.29, 1.82) is 0 Å². The molecule has 5 heteroatoms. The van der Waals surface area contributed by atoms with Gasteiger partial charge in [-0.15, -0.1) is 11.6 Å². The molecule has 0 heterocycles. The first-order valence-electron chi connectivity index (χ1n) is 6.45. The largest absolute Gasteiger partial charge is 0.390 e. The maximum Gasteiger partial charge on any atom is 0.224 e. The van der Waals surface area contributed by atoms with Crippen molar-refractivity contribution in [2.24, 2.45) is 0 Å². The summed E-state index contributed by atoms with van der Waals surface area (Å²) in [6, 6.07) is 5.66. The number of benzene rings is 1. The first kappa shape index (κ1) is 15.8. The summed E-state index contributed by atoms with van der Waals surface area (Å²) in [5, 5.41) is 15.4. The van der Waals surface area contributed by atoms with Crippen molar-refractivity contribution in [3.63, 3.8) is 0 Å². The Labute approximate surface area is 119 Å². The van der Waals surface area contributed by atoms with Gasteiger partial charge in [-0.05, 0) is 31.0 Å². The number of halogens is 1. The first-order chi connectivity index (χ1) is 9.06. The molecule has 0 saturated carbocycles. The highest BCUT2D eigenvalue weighted by atomic mass is 35.5. The Kier molecular flexibility index (Phi) is 6.67. The fourth-order valence-electron chi connectivity index (χ4n) is 1.62. The van der Waals surface area contributed by atoms with Gasteiger partial charge in [0.2, 0.25) is 5.91 Å². The number of aliphatic hydroxyl groups is 1. The van der Waals surface area contributed by atoms with Gasteiger partial charge in [0.05, 0.1) is 12.0 Å². The number of hydrogen-bond donors (Lipinski definition) is 3. The molecule has 1 unspecified atom stereocenters. The Morgan fingerprint density at radius 1 is 1.47 bits per heavy atom. The molecule has 1 aromatic carbocycles. The maximum atomic E-state index is 11.5. The van der Waals surface area contributed by atoms with Gasteiger partial charge in [0, 0.05) is 24.3 Å². The van der Waals surface area contributed by atoms with Crippen LogP contribution in [0.1, 0.15) is 25.3 Å². The van der Waals surface area contributed by atoms with E-state index in [0.717, 1.165) is 23.4 Å². The van der Waals surface area contributed by atoms with Gasteiger partial charge in [0.15, 0.2) is 0 Å². The lowest BCUT2D eigenvalue weighted by Crippen LogP contribution is -2.21. The third kappa shape index (κ3) is 5.49. The monoisotopic (exact) mass is 284 g/mol. The Hall–Kier alpha value is -1.26. The molecule has 0 fully saturated rings. The molecule has 1 rings (SSSR count). The molecule has 0 radical (unpaired) electrons. The van der Waals surface area contributed by atoms with Gasteiger partial charge in [0.1, 0.15) is 0 Å². The van der Waals surface area contributed by atoms with Gasteiger partial charge in [-0.2, -0.15) is 0 Å². The number of amides is 1. The van der Waals surface area contributed by atoms with Gasteiger partial charge < -0.3 is 15.7 Å². The Morgan fingerprint density at radius 2 is 2.21 bits per heavy atom. The van der Waals surface area contributed by atoms with Crippen molar-refractivity contribution in [2.45, 2.75) is 32.8 Å². The molecule has 0 aromatic heterocycles. The number of alkyl halides is 1. The molecule has 0 bridgehead atoms. The predicted octanol–water partition coefficient (Wildman–Crippen LogP) is 2.75. The number of anilines is 2. The summed E-state index contributed by atoms with van der Waals surface area (Å²) in [6.45, 7) is 4.32. The molecule has 0 spiro atoms. The normalized spacial score (nSPS) is 12.0. The average molecular weight is 285 g/mol. The Morgan fingerprint density at radius 3 is 2.84 bits per heavy atom. The second kappa shape index (κ2) is 8.02. The topological polar surface area (TPSA) is 61.4 Å². The van der Waals surface area contributed by atoms with Gasteiger partial charge in [0.25, 0.3) is 0 Å². The molecule has 19 heavy (non-hydrogen) atoms. The molecule has 1 amide bonds. The van der Waals surface area contributed by atoms with Crippen LogP contribution in [0.25, 0.3) is 0 Å². The van der Waals surface area contributed by atoms with Crippen LogP contribution < -0.4 is 10.6 Å². The smallest absolute Gasteiger partial charge is 0.224 e. The summed E-state index contributed by atoms with van der Waals surface area (Å²) in [5.74, 6) is 0.206. The quantitative estimate of drug-likeness (QED) is 0.675. The van der Waals surface area contributed by atoms with E-state index < -0.39 is 6.10 Å². The molecule has 1 atom stereocenters. The zero-order chi connectivity index (χ0) is 14.3. The van der Waals surface area contributed by atoms with Crippen LogP contribution in [0.2, 0.25) is 0 Å². The number of carbonyl (C=O) groups is 1. The van der Waals surface area contributed by atoms with E-state index in [1.807, 2.05) is 32.0 Å². The molecule has 4 nitrogen and oxygen atoms in total. The van der Waals surface area contributed by atoms with Crippen LogP contribution in [0.3, 0.4) is 0 Å². The first-order valence-corrected chi connectivity index (χ1v) is 6.98. The SMILES string of the molecule is CCCC(=O)Nc1ccc(C)c(NCC(O)CCl)c1. The summed E-state index contributed by atoms with van der Waals surface area (Å²) in [6.07, 6.45) is 0.756. The zero-order valence-electron chi connectivity index (χ0n) is 11.4. The predicted molar refractivity (Wildman–Crippen MR) is 79.9 cm³/mol. The standard InChI is InChI=1S/C14H21ClN2O2/c1-3-4-14(19)17-11-6-5-10(2)13(7-11)16-9-12(18)8-15/h5-7,12,16,18H,3-4,8-9H2,1-2H3,(H,17,19). The van der Waals surface area contributed by atoms with Crippen molar-refractivity contribution in [3.05, 3.63) is 23.8 Å². The number of aliphatic hydroxyl groups excluding tert-OH is 1. The van der Waals surface area contributed by atoms with E-state index in [1.165, 1.54) is 0 Å². The van der Waals surface area contributed by atoms with E-state index in [-0.39, 0.29) is 11.8 Å². The van der Waals surface area contributed by atoms with E-state index in [0.29, 0.717) is 13.0 Å². The van der Waals surface area contributed by atoms with E-state index in [9.17, 15) is 9.90 Å². The molecule has 3 N–H and O–H groups in total. The van der Waals surface area contributed by atoms with Crippen LogP contribution >= 0.6 is 11.6 Å². The minimum atomic E-state index is -0.584. The minimum Gasteiger partial charge on any atom is -0.390 e. The Bertz CT molecular complexity index is 424. The van der Waals surface area contributed by atoms with E-state index in [2.05, 4.69) is 10.6 Å². The summed E-state index contributed by atoms with van der Waals surface area (Å²) in [5.41, 5.74) is 2.70. The molecular weight excluding hydrogens is 264 g/mol. The lowest BCUT2D eigenvalue weighted by atomic mass is 10.1. The molecule has 0 saturated heterocycles. The third-order valence-corrected chi connectivity index (χ3v) is 3.06. The fourth-order valence-corrected chi connectivity index (χ4v) is 1.73. The zero-order valence-corrected chi connectivity index (χ0v) is 12.1. The van der Waals surface area contributed by atoms with Crippen LogP contribution in [0.4, 0.5) is 11.4 Å². The molecule has 0 aliphatic heterocycles. The van der Waals surface area contributed by atoms with Crippen molar-refractivity contribution in [3.8, 4) is 0 Å². The number of hydrogen-bond acceptors (Lipinski definition) is 3. The van der Waals surface area contributed by atoms with Crippen molar-refractivity contribution >= 4 is 28.9 Å². The van der Waals surface area contributed by atoms with Crippen molar-refractivity contribution in [2.75, 3.05) is 23.1 Å². The van der Waals surface area contributed by atoms with Crippen molar-refractivity contribution < 1.29 is 9.90 Å². The van der Waals surface area contributed by atoms with E-state index in [4.69, 9.17) is 11.6 Å². The lowest BCUT2D eigenvalue weighted by molar-refractivity contribution is -0.116. The van der Waals surface area contributed by atoms with Crippen LogP contribution in [0, 0.1) is 6.92 Å². The second-order valence-corrected chi connectivity index (χ2v) is 4.83. The summed E-state index contributed by atoms with van der Waals surface area (Å²) < 4.78 is 0. The maximum absolute atomic E-state index is 11.5. The molecule has 1 aromatic rings. The van der Waals surface area contributed by atoms with Crippen LogP contribution in [-0.4, -0.2) is 29.5 Å². The highest BCUT2D eigenvalue weighted by Crippen LogP contribution is 2.20. The van der Waals surface area contributed by atoms with Gasteiger partial charge >= 0.3 is 0 Å². The number of nitrogens with one attached hydrogen (secondary N) is 2. The second-order valence-electron chi connectivity index (χ2n) is 4.52. The fraction of sp³-hybridized carbons (Fsp3) is 0.500. The van der Waals surface area contributed by atoms with Crippen molar-refractivity contribution in [1.82, 2.24) is 0 Å². The molecule has 0 aliphatic carbocycles. The van der Waals surface area contributed by atoms with E-state index >= 15 is 0 Å². The number of carbonyl (C=O) groups excluding carboxylic acids is 1. The third-order valence-electron chi connectivity index (χ3n) is 2.70. The Balaban J connectivity index is 2.68. The highest BCUT2D eigenvalue weighted by Gasteiger charge is 2.06. The van der Waals surface area contributed by atoms with E-state index in [1.54, 1.807) is 0 Å². The summed E-state index contributed by atoms with van der Waals surface area (Å²) in [4.78, 5) is 11.5. The molecular formula is C14H21ClN2O2. The van der Waals surface area contributed by atoms with Crippen LogP contribution in [-0.2, 0) is 4.79 Å². The van der Waals surface area contributed by atoms with Gasteiger partial charge in [-0.25, -0.2) is 0 Å². The van der Waals surface area contributed by atoms with Crippen LogP contribution in [0.15, 0.2) is 18.2 Å². The summed E-state index contributed by atoms with van der Waals surface area (Å²) >= 11 is 5.55.